The van der Waals surface area contributed by atoms with Crippen molar-refractivity contribution in [3.05, 3.63) is 40.6 Å². The molecule has 0 aliphatic carbocycles. The number of fused-ring (bicyclic) bond motifs is 1. The van der Waals surface area contributed by atoms with E-state index < -0.39 is 0 Å². The van der Waals surface area contributed by atoms with E-state index in [9.17, 15) is 4.79 Å². The molecule has 0 bridgehead atoms. The Morgan fingerprint density at radius 2 is 2.09 bits per heavy atom. The SMILES string of the molecule is CSc1cc2c(cc1NC(=O)/C=C\c1ccsc1)OCCO2. The number of hydrogen-bond acceptors (Lipinski definition) is 5. The lowest BCUT2D eigenvalue weighted by molar-refractivity contribution is -0.111. The lowest BCUT2D eigenvalue weighted by Crippen LogP contribution is -2.16. The van der Waals surface area contributed by atoms with E-state index in [2.05, 4.69) is 5.32 Å². The van der Waals surface area contributed by atoms with Gasteiger partial charge in [0.15, 0.2) is 11.5 Å². The topological polar surface area (TPSA) is 47.6 Å². The number of thiophene rings is 1. The van der Waals surface area contributed by atoms with E-state index >= 15 is 0 Å². The van der Waals surface area contributed by atoms with Crippen LogP contribution in [0.4, 0.5) is 5.69 Å². The fourth-order valence-corrected chi connectivity index (χ4v) is 3.24. The van der Waals surface area contributed by atoms with Crippen LogP contribution in [0, 0.1) is 0 Å². The van der Waals surface area contributed by atoms with Crippen LogP contribution in [0.25, 0.3) is 6.08 Å². The van der Waals surface area contributed by atoms with E-state index in [-0.39, 0.29) is 5.91 Å². The third kappa shape index (κ3) is 3.45. The molecule has 22 heavy (non-hydrogen) atoms. The van der Waals surface area contributed by atoms with Crippen molar-refractivity contribution in [1.82, 2.24) is 0 Å². The summed E-state index contributed by atoms with van der Waals surface area (Å²) >= 11 is 3.15. The minimum atomic E-state index is -0.168. The first-order valence-corrected chi connectivity index (χ1v) is 8.92. The molecule has 0 saturated heterocycles. The molecule has 2 heterocycles. The number of amides is 1. The van der Waals surface area contributed by atoms with Crippen molar-refractivity contribution in [2.24, 2.45) is 0 Å². The second-order valence-corrected chi connectivity index (χ2v) is 6.20. The molecule has 0 saturated carbocycles. The van der Waals surface area contributed by atoms with Crippen molar-refractivity contribution >= 4 is 40.8 Å². The molecule has 0 radical (unpaired) electrons. The van der Waals surface area contributed by atoms with Crippen LogP contribution < -0.4 is 14.8 Å². The monoisotopic (exact) mass is 333 g/mol. The quantitative estimate of drug-likeness (QED) is 0.681. The minimum Gasteiger partial charge on any atom is -0.486 e. The Bertz CT molecular complexity index is 696. The molecular formula is C16H15NO3S2. The number of anilines is 1. The summed E-state index contributed by atoms with van der Waals surface area (Å²) in [5, 5.41) is 6.86. The molecule has 1 aliphatic heterocycles. The predicted molar refractivity (Wildman–Crippen MR) is 91.2 cm³/mol. The zero-order chi connectivity index (χ0) is 15.4. The van der Waals surface area contributed by atoms with Gasteiger partial charge in [0.05, 0.1) is 5.69 Å². The number of rotatable bonds is 4. The van der Waals surface area contributed by atoms with Gasteiger partial charge in [-0.1, -0.05) is 0 Å². The smallest absolute Gasteiger partial charge is 0.248 e. The van der Waals surface area contributed by atoms with Crippen molar-refractivity contribution in [2.45, 2.75) is 4.90 Å². The van der Waals surface area contributed by atoms with Crippen molar-refractivity contribution in [3.8, 4) is 11.5 Å². The Kier molecular flexibility index (Phi) is 4.70. The molecule has 1 N–H and O–H groups in total. The summed E-state index contributed by atoms with van der Waals surface area (Å²) in [5.41, 5.74) is 1.75. The molecule has 1 amide bonds. The normalized spacial score (nSPS) is 13.3. The van der Waals surface area contributed by atoms with E-state index in [0.29, 0.717) is 19.0 Å². The van der Waals surface area contributed by atoms with Crippen LogP contribution in [0.5, 0.6) is 11.5 Å². The van der Waals surface area contributed by atoms with E-state index in [1.54, 1.807) is 29.2 Å². The summed E-state index contributed by atoms with van der Waals surface area (Å²) in [4.78, 5) is 13.0. The first-order valence-electron chi connectivity index (χ1n) is 6.75. The van der Waals surface area contributed by atoms with Gasteiger partial charge in [0.25, 0.3) is 0 Å². The lowest BCUT2D eigenvalue weighted by atomic mass is 10.2. The molecule has 4 nitrogen and oxygen atoms in total. The van der Waals surface area contributed by atoms with Crippen molar-refractivity contribution in [2.75, 3.05) is 24.8 Å². The number of hydrogen-bond donors (Lipinski definition) is 1. The second kappa shape index (κ2) is 6.89. The van der Waals surface area contributed by atoms with Gasteiger partial charge in [-0.3, -0.25) is 4.79 Å². The molecule has 1 aliphatic rings. The van der Waals surface area contributed by atoms with Crippen molar-refractivity contribution in [3.63, 3.8) is 0 Å². The van der Waals surface area contributed by atoms with Gasteiger partial charge in [-0.2, -0.15) is 11.3 Å². The van der Waals surface area contributed by atoms with Crippen molar-refractivity contribution < 1.29 is 14.3 Å². The molecule has 1 aromatic heterocycles. The highest BCUT2D eigenvalue weighted by Gasteiger charge is 2.16. The maximum absolute atomic E-state index is 12.1. The zero-order valence-electron chi connectivity index (χ0n) is 12.0. The van der Waals surface area contributed by atoms with Crippen molar-refractivity contribution in [1.29, 1.82) is 0 Å². The van der Waals surface area contributed by atoms with E-state index in [1.165, 1.54) is 6.08 Å². The highest BCUT2D eigenvalue weighted by molar-refractivity contribution is 7.98. The van der Waals surface area contributed by atoms with Gasteiger partial charge in [0.2, 0.25) is 5.91 Å². The average Bonchev–Trinajstić information content (AvgIpc) is 3.05. The number of carbonyl (C=O) groups excluding carboxylic acids is 1. The van der Waals surface area contributed by atoms with E-state index in [1.807, 2.05) is 35.2 Å². The first-order chi connectivity index (χ1) is 10.8. The summed E-state index contributed by atoms with van der Waals surface area (Å²) in [6, 6.07) is 5.68. The van der Waals surface area contributed by atoms with Crippen LogP contribution >= 0.6 is 23.1 Å². The third-order valence-electron chi connectivity index (χ3n) is 3.09. The maximum Gasteiger partial charge on any atom is 0.248 e. The number of ether oxygens (including phenoxy) is 2. The Labute approximate surface area is 137 Å². The van der Waals surface area contributed by atoms with E-state index in [4.69, 9.17) is 9.47 Å². The average molecular weight is 333 g/mol. The molecular weight excluding hydrogens is 318 g/mol. The van der Waals surface area contributed by atoms with E-state index in [0.717, 1.165) is 21.9 Å². The molecule has 1 aromatic carbocycles. The van der Waals surface area contributed by atoms with Gasteiger partial charge >= 0.3 is 0 Å². The Hall–Kier alpha value is -1.92. The highest BCUT2D eigenvalue weighted by atomic mass is 32.2. The van der Waals surface area contributed by atoms with Crippen LogP contribution in [0.3, 0.4) is 0 Å². The van der Waals surface area contributed by atoms with Crippen LogP contribution in [0.1, 0.15) is 5.56 Å². The third-order valence-corrected chi connectivity index (χ3v) is 4.57. The lowest BCUT2D eigenvalue weighted by Gasteiger charge is -2.20. The fraction of sp³-hybridized carbons (Fsp3) is 0.188. The van der Waals surface area contributed by atoms with Crippen LogP contribution in [0.2, 0.25) is 0 Å². The number of carbonyl (C=O) groups is 1. The molecule has 2 aromatic rings. The van der Waals surface area contributed by atoms with Crippen LogP contribution in [-0.2, 0) is 4.79 Å². The second-order valence-electron chi connectivity index (χ2n) is 4.58. The predicted octanol–water partition coefficient (Wildman–Crippen LogP) is 3.89. The molecule has 114 valence electrons. The van der Waals surface area contributed by atoms with Crippen LogP contribution in [-0.4, -0.2) is 25.4 Å². The molecule has 0 atom stereocenters. The summed E-state index contributed by atoms with van der Waals surface area (Å²) in [6.07, 6.45) is 5.29. The number of benzene rings is 1. The van der Waals surface area contributed by atoms with Gasteiger partial charge in [-0.15, -0.1) is 11.8 Å². The van der Waals surface area contributed by atoms with Gasteiger partial charge in [0.1, 0.15) is 13.2 Å². The van der Waals surface area contributed by atoms with Crippen LogP contribution in [0.15, 0.2) is 39.9 Å². The largest absolute Gasteiger partial charge is 0.486 e. The molecule has 0 unspecified atom stereocenters. The fourth-order valence-electron chi connectivity index (χ4n) is 2.05. The number of thioether (sulfide) groups is 1. The summed E-state index contributed by atoms with van der Waals surface area (Å²) < 4.78 is 11.1. The highest BCUT2D eigenvalue weighted by Crippen LogP contribution is 2.39. The summed E-state index contributed by atoms with van der Waals surface area (Å²) in [6.45, 7) is 1.08. The molecule has 3 rings (SSSR count). The maximum atomic E-state index is 12.1. The van der Waals surface area contributed by atoms with Gasteiger partial charge < -0.3 is 14.8 Å². The Morgan fingerprint density at radius 3 is 2.77 bits per heavy atom. The Morgan fingerprint density at radius 1 is 1.32 bits per heavy atom. The standard InChI is InChI=1S/C16H15NO3S2/c1-21-15-9-14-13(19-5-6-20-14)8-12(15)17-16(18)3-2-11-4-7-22-10-11/h2-4,7-10H,5-6H2,1H3,(H,17,18)/b3-2-. The molecule has 6 heteroatoms. The molecule has 0 fully saturated rings. The van der Waals surface area contributed by atoms with Gasteiger partial charge in [-0.25, -0.2) is 0 Å². The van der Waals surface area contributed by atoms with Gasteiger partial charge in [0, 0.05) is 17.0 Å². The Balaban J connectivity index is 1.77. The number of nitrogens with one attached hydrogen (secondary N) is 1. The van der Waals surface area contributed by atoms with Gasteiger partial charge in [-0.05, 0) is 40.8 Å². The zero-order valence-corrected chi connectivity index (χ0v) is 13.6. The minimum absolute atomic E-state index is 0.168. The molecule has 0 spiro atoms. The first kappa shape index (κ1) is 15.0. The summed E-state index contributed by atoms with van der Waals surface area (Å²) in [5.74, 6) is 1.22. The summed E-state index contributed by atoms with van der Waals surface area (Å²) in [7, 11) is 0.